The van der Waals surface area contributed by atoms with Crippen molar-refractivity contribution in [2.75, 3.05) is 0 Å². The fraction of sp³-hybridized carbons (Fsp3) is 0.0741. The molecule has 0 aliphatic carbocycles. The van der Waals surface area contributed by atoms with E-state index in [1.807, 2.05) is 0 Å². The third-order valence-corrected chi connectivity index (χ3v) is 6.34. The summed E-state index contributed by atoms with van der Waals surface area (Å²) in [6.45, 7) is 2.66. The van der Waals surface area contributed by atoms with E-state index in [1.165, 1.54) is 19.9 Å². The molecule has 12 nitrogen and oxygen atoms in total. The minimum absolute atomic E-state index is 0.0402. The number of fused-ring (bicyclic) bond motifs is 3. The van der Waals surface area contributed by atoms with Crippen molar-refractivity contribution in [3.63, 3.8) is 0 Å². The summed E-state index contributed by atoms with van der Waals surface area (Å²) >= 11 is 0. The van der Waals surface area contributed by atoms with E-state index in [-0.39, 0.29) is 44.4 Å². The fourth-order valence-corrected chi connectivity index (χ4v) is 4.68. The Balaban J connectivity index is 1.96. The molecule has 0 radical (unpaired) electrons. The normalized spacial score (nSPS) is 11.3. The predicted molar refractivity (Wildman–Crippen MR) is 135 cm³/mol. The predicted octanol–water partition coefficient (Wildman–Crippen LogP) is 3.74. The molecule has 39 heavy (non-hydrogen) atoms. The van der Waals surface area contributed by atoms with Crippen LogP contribution in [0.25, 0.3) is 44.2 Å². The minimum Gasteiger partial charge on any atom is -0.508 e. The van der Waals surface area contributed by atoms with E-state index in [0.29, 0.717) is 0 Å². The highest BCUT2D eigenvalue weighted by Crippen LogP contribution is 2.39. The number of carbonyl (C=O) groups is 3. The highest BCUT2D eigenvalue weighted by Gasteiger charge is 2.27. The van der Waals surface area contributed by atoms with E-state index in [4.69, 9.17) is 8.83 Å². The van der Waals surface area contributed by atoms with E-state index < -0.39 is 67.9 Å². The van der Waals surface area contributed by atoms with Gasteiger partial charge in [0.1, 0.15) is 33.8 Å². The first-order valence-corrected chi connectivity index (χ1v) is 11.1. The largest absolute Gasteiger partial charge is 0.508 e. The molecule has 0 aliphatic heterocycles. The number of carboxylic acid groups (broad SMARTS) is 2. The molecule has 0 unspecified atom stereocenters. The average molecular weight is 532 g/mol. The Morgan fingerprint density at radius 2 is 1.46 bits per heavy atom. The number of aromatic hydroxyl groups is 3. The van der Waals surface area contributed by atoms with Crippen LogP contribution in [0.15, 0.2) is 48.8 Å². The lowest BCUT2D eigenvalue weighted by Gasteiger charge is -2.14. The average Bonchev–Trinajstić information content (AvgIpc) is 2.83. The first-order chi connectivity index (χ1) is 18.3. The summed E-state index contributed by atoms with van der Waals surface area (Å²) in [7, 11) is 0. The molecule has 0 saturated heterocycles. The molecular weight excluding hydrogens is 516 g/mol. The molecule has 196 valence electrons. The smallest absolute Gasteiger partial charge is 0.340 e. The van der Waals surface area contributed by atoms with Crippen LogP contribution in [0.2, 0.25) is 0 Å². The van der Waals surface area contributed by atoms with E-state index in [1.54, 1.807) is 0 Å². The third-order valence-electron chi connectivity index (χ3n) is 6.34. The Hall–Kier alpha value is -5.65. The standard InChI is InChI=1S/C27H16O12/c1-8-11(16-6-14(30)20-12(26(34)35)3-10(29)4-17(20)38-16)5-13-23(32)21-18(39-25(13)19(8)9(2)28)7-15(31)24(33)22(21)27(36)37/h3-7,29,31,33H,1-2H3,(H,34,35)(H,36,37). The zero-order chi connectivity index (χ0) is 28.5. The number of carbonyl (C=O) groups excluding carboxylic acids is 1. The number of phenolic OH excluding ortho intramolecular Hbond substituents is 2. The van der Waals surface area contributed by atoms with Gasteiger partial charge in [-0.2, -0.15) is 0 Å². The van der Waals surface area contributed by atoms with Crippen molar-refractivity contribution in [1.82, 2.24) is 0 Å². The molecular formula is C27H16O12. The lowest BCUT2D eigenvalue weighted by atomic mass is 9.93. The SMILES string of the molecule is CC(=O)c1c(C)c(-c2cc(=O)c3c(C(=O)O)cc(O)cc3o2)cc2c(=O)c3c(C(=O)O)c(O)c(O)cc3oc12. The number of phenols is 3. The van der Waals surface area contributed by atoms with E-state index in [2.05, 4.69) is 0 Å². The van der Waals surface area contributed by atoms with Gasteiger partial charge in [-0.15, -0.1) is 0 Å². The second kappa shape index (κ2) is 8.45. The number of hydrogen-bond acceptors (Lipinski definition) is 10. The van der Waals surface area contributed by atoms with Crippen LogP contribution in [-0.2, 0) is 0 Å². The quantitative estimate of drug-likeness (QED) is 0.127. The lowest BCUT2D eigenvalue weighted by Crippen LogP contribution is -2.12. The molecule has 0 bridgehead atoms. The first-order valence-electron chi connectivity index (χ1n) is 11.1. The Labute approximate surface area is 215 Å². The van der Waals surface area contributed by atoms with E-state index in [9.17, 15) is 49.5 Å². The first kappa shape index (κ1) is 25.0. The molecule has 5 aromatic rings. The summed E-state index contributed by atoms with van der Waals surface area (Å²) in [5.74, 6) is -6.38. The second-order valence-corrected chi connectivity index (χ2v) is 8.73. The van der Waals surface area contributed by atoms with Crippen LogP contribution < -0.4 is 10.9 Å². The molecule has 12 heteroatoms. The maximum atomic E-state index is 13.6. The van der Waals surface area contributed by atoms with Gasteiger partial charge in [-0.1, -0.05) is 0 Å². The Bertz CT molecular complexity index is 2080. The number of aromatic carboxylic acids is 2. The second-order valence-electron chi connectivity index (χ2n) is 8.73. The van der Waals surface area contributed by atoms with Crippen molar-refractivity contribution in [2.24, 2.45) is 0 Å². The van der Waals surface area contributed by atoms with Crippen LogP contribution in [0.3, 0.4) is 0 Å². The fourth-order valence-electron chi connectivity index (χ4n) is 4.68. The van der Waals surface area contributed by atoms with Crippen LogP contribution in [-0.4, -0.2) is 43.3 Å². The molecule has 0 fully saturated rings. The monoisotopic (exact) mass is 532 g/mol. The summed E-state index contributed by atoms with van der Waals surface area (Å²) in [5.41, 5.74) is -3.96. The van der Waals surface area contributed by atoms with Crippen LogP contribution in [0, 0.1) is 6.92 Å². The molecule has 0 saturated carbocycles. The maximum Gasteiger partial charge on any atom is 0.340 e. The summed E-state index contributed by atoms with van der Waals surface area (Å²) in [4.78, 5) is 62.7. The molecule has 0 spiro atoms. The van der Waals surface area contributed by atoms with Gasteiger partial charge >= 0.3 is 11.9 Å². The van der Waals surface area contributed by atoms with E-state index >= 15 is 0 Å². The number of carboxylic acids is 2. The van der Waals surface area contributed by atoms with Gasteiger partial charge in [0.25, 0.3) is 0 Å². The van der Waals surface area contributed by atoms with Gasteiger partial charge in [0.15, 0.2) is 22.7 Å². The minimum atomic E-state index is -1.73. The number of Topliss-reactive ketones (excluding diaryl/α,β-unsaturated/α-hetero) is 1. The summed E-state index contributed by atoms with van der Waals surface area (Å²) in [6, 6.07) is 4.92. The molecule has 0 atom stereocenters. The molecule has 5 N–H and O–H groups in total. The third kappa shape index (κ3) is 3.65. The summed E-state index contributed by atoms with van der Waals surface area (Å²) in [5, 5.41) is 47.9. The Morgan fingerprint density at radius 3 is 2.08 bits per heavy atom. The summed E-state index contributed by atoms with van der Waals surface area (Å²) < 4.78 is 11.5. The molecule has 5 rings (SSSR count). The number of ketones is 1. The van der Waals surface area contributed by atoms with Gasteiger partial charge in [-0.3, -0.25) is 14.4 Å². The van der Waals surface area contributed by atoms with Crippen molar-refractivity contribution in [3.05, 3.63) is 73.0 Å². The van der Waals surface area contributed by atoms with E-state index in [0.717, 1.165) is 24.3 Å². The van der Waals surface area contributed by atoms with Gasteiger partial charge in [-0.05, 0) is 31.5 Å². The van der Waals surface area contributed by atoms with Crippen molar-refractivity contribution in [1.29, 1.82) is 0 Å². The summed E-state index contributed by atoms with van der Waals surface area (Å²) in [6.07, 6.45) is 0. The van der Waals surface area contributed by atoms with Crippen LogP contribution in [0.4, 0.5) is 0 Å². The topological polar surface area (TPSA) is 213 Å². The van der Waals surface area contributed by atoms with Gasteiger partial charge in [0, 0.05) is 23.8 Å². The Kier molecular flexibility index (Phi) is 5.42. The highest BCUT2D eigenvalue weighted by molar-refractivity contribution is 6.13. The van der Waals surface area contributed by atoms with Crippen LogP contribution in [0.1, 0.15) is 43.6 Å². The number of benzene rings is 3. The Morgan fingerprint density at radius 1 is 0.795 bits per heavy atom. The molecule has 2 heterocycles. The van der Waals surface area contributed by atoms with Gasteiger partial charge in [-0.25, -0.2) is 9.59 Å². The lowest BCUT2D eigenvalue weighted by molar-refractivity contribution is 0.0685. The van der Waals surface area contributed by atoms with Gasteiger partial charge in [0.05, 0.1) is 27.3 Å². The molecule has 0 aliphatic rings. The molecule has 0 amide bonds. The highest BCUT2D eigenvalue weighted by atomic mass is 16.4. The van der Waals surface area contributed by atoms with Gasteiger partial charge in [0.2, 0.25) is 5.43 Å². The maximum absolute atomic E-state index is 13.6. The zero-order valence-electron chi connectivity index (χ0n) is 20.0. The van der Waals surface area contributed by atoms with Crippen molar-refractivity contribution in [3.8, 4) is 28.6 Å². The van der Waals surface area contributed by atoms with Crippen molar-refractivity contribution >= 4 is 50.6 Å². The van der Waals surface area contributed by atoms with Crippen molar-refractivity contribution in [2.45, 2.75) is 13.8 Å². The van der Waals surface area contributed by atoms with Gasteiger partial charge < -0.3 is 34.4 Å². The number of hydrogen-bond donors (Lipinski definition) is 5. The number of rotatable bonds is 4. The van der Waals surface area contributed by atoms with Crippen LogP contribution in [0.5, 0.6) is 17.2 Å². The van der Waals surface area contributed by atoms with Crippen molar-refractivity contribution < 1.29 is 48.8 Å². The molecule has 2 aromatic heterocycles. The zero-order valence-corrected chi connectivity index (χ0v) is 20.0. The van der Waals surface area contributed by atoms with Crippen LogP contribution >= 0.6 is 0 Å². The molecule has 3 aromatic carbocycles.